The van der Waals surface area contributed by atoms with E-state index >= 15 is 0 Å². The van der Waals surface area contributed by atoms with Crippen LogP contribution in [0.15, 0.2) is 0 Å². The molecule has 4 unspecified atom stereocenters. The van der Waals surface area contributed by atoms with E-state index in [-0.39, 0.29) is 12.2 Å². The Kier molecular flexibility index (Phi) is 3.48. The predicted molar refractivity (Wildman–Crippen MR) is 46.7 cm³/mol. The van der Waals surface area contributed by atoms with Crippen LogP contribution in [0.3, 0.4) is 0 Å². The molecule has 0 saturated carbocycles. The zero-order chi connectivity index (χ0) is 7.56. The summed E-state index contributed by atoms with van der Waals surface area (Å²) in [6, 6.07) is 0. The third-order valence-electron chi connectivity index (χ3n) is 1.75. The van der Waals surface area contributed by atoms with E-state index in [2.05, 4.69) is 30.9 Å². The zero-order valence-electron chi connectivity index (χ0n) is 5.99. The minimum atomic E-state index is 0.201. The summed E-state index contributed by atoms with van der Waals surface area (Å²) in [6.07, 6.45) is 0.403. The molecule has 0 radical (unpaired) electrons. The summed E-state index contributed by atoms with van der Waals surface area (Å²) in [4.78, 5) is 2.18. The number of nitrogens with zero attached hydrogens (tertiary/aromatic N) is 1. The van der Waals surface area contributed by atoms with Crippen molar-refractivity contribution in [2.45, 2.75) is 12.2 Å². The van der Waals surface area contributed by atoms with Crippen molar-refractivity contribution < 1.29 is 9.05 Å². The Hall–Kier alpha value is 0.740. The summed E-state index contributed by atoms with van der Waals surface area (Å²) in [6.45, 7) is 1.89. The van der Waals surface area contributed by atoms with E-state index in [4.69, 9.17) is 9.05 Å². The first-order valence-corrected chi connectivity index (χ1v) is 4.12. The maximum absolute atomic E-state index is 5.12. The molecule has 0 N–H and O–H groups in total. The molecule has 1 aliphatic rings. The van der Waals surface area contributed by atoms with E-state index in [9.17, 15) is 0 Å². The van der Waals surface area contributed by atoms with Gasteiger partial charge >= 0.3 is 0 Å². The first kappa shape index (κ1) is 8.83. The quantitative estimate of drug-likeness (QED) is 0.571. The molecule has 1 saturated heterocycles. The molecule has 60 valence electrons. The highest BCUT2D eigenvalue weighted by Crippen LogP contribution is 2.18. The van der Waals surface area contributed by atoms with Gasteiger partial charge in [0.15, 0.2) is 0 Å². The zero-order valence-corrected chi connectivity index (χ0v) is 8.30. The first-order chi connectivity index (χ1) is 4.77. The smallest absolute Gasteiger partial charge is 0.101 e. The molecule has 1 fully saturated rings. The van der Waals surface area contributed by atoms with E-state index in [1.54, 1.807) is 0 Å². The van der Waals surface area contributed by atoms with Gasteiger partial charge in [0.2, 0.25) is 0 Å². The van der Waals surface area contributed by atoms with Gasteiger partial charge in [0, 0.05) is 32.0 Å². The molecule has 0 aromatic rings. The van der Waals surface area contributed by atoms with Crippen LogP contribution in [0.2, 0.25) is 0 Å². The second-order valence-corrected chi connectivity index (χ2v) is 3.11. The molecule has 5 heteroatoms. The van der Waals surface area contributed by atoms with Crippen LogP contribution < -0.4 is 0 Å². The lowest BCUT2D eigenvalue weighted by Gasteiger charge is -2.13. The molecule has 1 heterocycles. The van der Waals surface area contributed by atoms with Crippen molar-refractivity contribution in [3.63, 3.8) is 0 Å². The maximum Gasteiger partial charge on any atom is 0.101 e. The fourth-order valence-electron chi connectivity index (χ4n) is 1.19. The SMILES string of the molecule is CN1CC(OP)C(OP)C1. The Labute approximate surface area is 66.0 Å². The van der Waals surface area contributed by atoms with Gasteiger partial charge in [0.25, 0.3) is 0 Å². The van der Waals surface area contributed by atoms with Crippen LogP contribution >= 0.6 is 18.9 Å². The van der Waals surface area contributed by atoms with E-state index in [1.807, 2.05) is 0 Å². The van der Waals surface area contributed by atoms with Gasteiger partial charge in [0.1, 0.15) is 12.2 Å². The lowest BCUT2D eigenvalue weighted by molar-refractivity contribution is 0.124. The molecular formula is C5H13NO2P2. The highest BCUT2D eigenvalue weighted by Gasteiger charge is 2.30. The average Bonchev–Trinajstić information content (AvgIpc) is 2.30. The van der Waals surface area contributed by atoms with Gasteiger partial charge in [-0.2, -0.15) is 0 Å². The molecule has 0 amide bonds. The average molecular weight is 181 g/mol. The first-order valence-electron chi connectivity index (χ1n) is 3.17. The highest BCUT2D eigenvalue weighted by molar-refractivity contribution is 7.10. The summed E-state index contributed by atoms with van der Waals surface area (Å²) in [5.74, 6) is 0. The third kappa shape index (κ3) is 1.87. The van der Waals surface area contributed by atoms with E-state index in [0.29, 0.717) is 0 Å². The molecule has 0 aromatic carbocycles. The molecule has 4 atom stereocenters. The highest BCUT2D eigenvalue weighted by atomic mass is 31.0. The normalized spacial score (nSPS) is 35.1. The minimum absolute atomic E-state index is 0.201. The van der Waals surface area contributed by atoms with Gasteiger partial charge in [-0.1, -0.05) is 0 Å². The van der Waals surface area contributed by atoms with E-state index in [0.717, 1.165) is 13.1 Å². The van der Waals surface area contributed by atoms with Crippen molar-refractivity contribution in [1.82, 2.24) is 4.90 Å². The van der Waals surface area contributed by atoms with Crippen molar-refractivity contribution in [1.29, 1.82) is 0 Å². The van der Waals surface area contributed by atoms with Crippen LogP contribution in [0.4, 0.5) is 0 Å². The van der Waals surface area contributed by atoms with Gasteiger partial charge in [0.05, 0.1) is 0 Å². The second-order valence-electron chi connectivity index (χ2n) is 2.57. The Morgan fingerprint density at radius 1 is 1.20 bits per heavy atom. The van der Waals surface area contributed by atoms with Gasteiger partial charge in [-0.3, -0.25) is 0 Å². The van der Waals surface area contributed by atoms with Gasteiger partial charge in [-0.05, 0) is 7.05 Å². The van der Waals surface area contributed by atoms with Gasteiger partial charge in [-0.25, -0.2) is 0 Å². The fourth-order valence-corrected chi connectivity index (χ4v) is 1.71. The topological polar surface area (TPSA) is 21.7 Å². The molecule has 0 aromatic heterocycles. The Bertz CT molecular complexity index is 102. The summed E-state index contributed by atoms with van der Waals surface area (Å²) in [5.41, 5.74) is 0. The number of likely N-dealkylation sites (tertiary alicyclic amines) is 1. The monoisotopic (exact) mass is 181 g/mol. The van der Waals surface area contributed by atoms with Crippen LogP contribution in [0.5, 0.6) is 0 Å². The largest absolute Gasteiger partial charge is 0.358 e. The van der Waals surface area contributed by atoms with Crippen LogP contribution in [0.1, 0.15) is 0 Å². The van der Waals surface area contributed by atoms with Crippen LogP contribution in [-0.4, -0.2) is 37.2 Å². The molecule has 1 rings (SSSR count). The van der Waals surface area contributed by atoms with Crippen LogP contribution in [-0.2, 0) is 9.05 Å². The number of likely N-dealkylation sites (N-methyl/N-ethyl adjacent to an activating group) is 1. The van der Waals surface area contributed by atoms with Crippen LogP contribution in [0.25, 0.3) is 0 Å². The van der Waals surface area contributed by atoms with E-state index < -0.39 is 0 Å². The Balaban J connectivity index is 2.41. The van der Waals surface area contributed by atoms with E-state index in [1.165, 1.54) is 0 Å². The fraction of sp³-hybridized carbons (Fsp3) is 1.00. The lowest BCUT2D eigenvalue weighted by Crippen LogP contribution is -2.24. The van der Waals surface area contributed by atoms with Crippen molar-refractivity contribution in [3.8, 4) is 0 Å². The molecule has 10 heavy (non-hydrogen) atoms. The van der Waals surface area contributed by atoms with Gasteiger partial charge in [-0.15, -0.1) is 0 Å². The lowest BCUT2D eigenvalue weighted by atomic mass is 10.3. The molecule has 0 aliphatic carbocycles. The Morgan fingerprint density at radius 2 is 1.60 bits per heavy atom. The third-order valence-corrected chi connectivity index (χ3v) is 2.45. The number of hydrogen-bond acceptors (Lipinski definition) is 3. The van der Waals surface area contributed by atoms with Crippen LogP contribution in [0, 0.1) is 0 Å². The Morgan fingerprint density at radius 3 is 1.90 bits per heavy atom. The summed E-state index contributed by atoms with van der Waals surface area (Å²) in [5, 5.41) is 0. The van der Waals surface area contributed by atoms with Crippen molar-refractivity contribution in [2.75, 3.05) is 20.1 Å². The van der Waals surface area contributed by atoms with Crippen molar-refractivity contribution in [3.05, 3.63) is 0 Å². The molecule has 1 aliphatic heterocycles. The molecular weight excluding hydrogens is 168 g/mol. The number of rotatable bonds is 2. The standard InChI is InChI=1S/C5H13NO2P2/c1-6-2-4(7-9)5(3-6)8-10/h4-5H,2-3,9-10H2,1H3. The summed E-state index contributed by atoms with van der Waals surface area (Å²) >= 11 is 0. The molecule has 0 bridgehead atoms. The van der Waals surface area contributed by atoms with Gasteiger partial charge < -0.3 is 13.9 Å². The minimum Gasteiger partial charge on any atom is -0.358 e. The molecule has 3 nitrogen and oxygen atoms in total. The summed E-state index contributed by atoms with van der Waals surface area (Å²) < 4.78 is 10.2. The maximum atomic E-state index is 5.12. The summed E-state index contributed by atoms with van der Waals surface area (Å²) in [7, 11) is 6.61. The molecule has 0 spiro atoms. The van der Waals surface area contributed by atoms with Crippen molar-refractivity contribution >= 4 is 18.9 Å². The van der Waals surface area contributed by atoms with Crippen molar-refractivity contribution in [2.24, 2.45) is 0 Å². The number of hydrogen-bond donors (Lipinski definition) is 0. The predicted octanol–water partition coefficient (Wildman–Crippen LogP) is 0.282. The second kappa shape index (κ2) is 3.94.